The number of aryl methyl sites for hydroxylation is 1. The van der Waals surface area contributed by atoms with Crippen molar-refractivity contribution in [2.45, 2.75) is 13.5 Å². The van der Waals surface area contributed by atoms with Gasteiger partial charge in [-0.15, -0.1) is 17.5 Å². The van der Waals surface area contributed by atoms with Gasteiger partial charge in [0.1, 0.15) is 5.75 Å². The van der Waals surface area contributed by atoms with E-state index < -0.39 is 5.91 Å². The topological polar surface area (TPSA) is 81.9 Å². The summed E-state index contributed by atoms with van der Waals surface area (Å²) in [6, 6.07) is 4.74. The van der Waals surface area contributed by atoms with Crippen molar-refractivity contribution in [1.82, 2.24) is 20.2 Å². The van der Waals surface area contributed by atoms with Gasteiger partial charge in [-0.05, 0) is 30.3 Å². The van der Waals surface area contributed by atoms with Crippen LogP contribution in [0.25, 0.3) is 0 Å². The zero-order chi connectivity index (χ0) is 14.5. The molecule has 0 fully saturated rings. The number of tetrazole rings is 1. The lowest BCUT2D eigenvalue weighted by Crippen LogP contribution is -2.21. The monoisotopic (exact) mass is 351 g/mol. The van der Waals surface area contributed by atoms with Crippen LogP contribution in [0.2, 0.25) is 10.0 Å². The van der Waals surface area contributed by atoms with Gasteiger partial charge in [-0.1, -0.05) is 28.3 Å². The molecule has 1 N–H and O–H groups in total. The molecule has 2 aromatic rings. The van der Waals surface area contributed by atoms with E-state index in [2.05, 4.69) is 20.7 Å². The molecule has 1 amide bonds. The summed E-state index contributed by atoms with van der Waals surface area (Å²) in [5, 5.41) is 14.6. The van der Waals surface area contributed by atoms with Gasteiger partial charge < -0.3 is 4.74 Å². The third-order valence-corrected chi connectivity index (χ3v) is 2.77. The molecule has 7 nitrogen and oxygen atoms in total. The Labute approximate surface area is 137 Å². The number of anilines is 1. The molecule has 0 unspecified atom stereocenters. The van der Waals surface area contributed by atoms with E-state index in [1.807, 2.05) is 6.92 Å². The molecule has 0 aliphatic rings. The number of halogens is 3. The molecule has 0 saturated heterocycles. The summed E-state index contributed by atoms with van der Waals surface area (Å²) < 4.78 is 5.27. The van der Waals surface area contributed by atoms with Gasteiger partial charge in [-0.25, -0.2) is 0 Å². The lowest BCUT2D eigenvalue weighted by molar-refractivity contribution is -0.118. The molecule has 0 bridgehead atoms. The molecule has 114 valence electrons. The summed E-state index contributed by atoms with van der Waals surface area (Å²) in [4.78, 5) is 13.0. The smallest absolute Gasteiger partial charge is 0.270 e. The molecule has 0 saturated carbocycles. The van der Waals surface area contributed by atoms with Gasteiger partial charge in [0.2, 0.25) is 0 Å². The van der Waals surface area contributed by atoms with Gasteiger partial charge in [-0.2, -0.15) is 4.80 Å². The van der Waals surface area contributed by atoms with Crippen molar-refractivity contribution in [1.29, 1.82) is 0 Å². The van der Waals surface area contributed by atoms with Crippen LogP contribution >= 0.6 is 35.6 Å². The summed E-state index contributed by atoms with van der Waals surface area (Å²) in [6.07, 6.45) is 0. The zero-order valence-corrected chi connectivity index (χ0v) is 13.2. The maximum atomic E-state index is 11.6. The third-order valence-electron chi connectivity index (χ3n) is 2.24. The Kier molecular flexibility index (Phi) is 6.67. The van der Waals surface area contributed by atoms with Crippen LogP contribution in [0.5, 0.6) is 5.75 Å². The van der Waals surface area contributed by atoms with Crippen LogP contribution < -0.4 is 10.1 Å². The van der Waals surface area contributed by atoms with Crippen molar-refractivity contribution in [3.63, 3.8) is 0 Å². The minimum absolute atomic E-state index is 0. The number of amides is 1. The van der Waals surface area contributed by atoms with Crippen molar-refractivity contribution in [3.05, 3.63) is 28.2 Å². The predicted molar refractivity (Wildman–Crippen MR) is 81.3 cm³/mol. The maximum Gasteiger partial charge on any atom is 0.270 e. The van der Waals surface area contributed by atoms with E-state index in [4.69, 9.17) is 27.9 Å². The van der Waals surface area contributed by atoms with E-state index in [1.165, 1.54) is 10.9 Å². The lowest BCUT2D eigenvalue weighted by atomic mass is 10.3. The molecule has 0 radical (unpaired) electrons. The van der Waals surface area contributed by atoms with Crippen LogP contribution in [-0.4, -0.2) is 32.7 Å². The number of aromatic nitrogens is 4. The van der Waals surface area contributed by atoms with Crippen LogP contribution in [0.4, 0.5) is 5.95 Å². The largest absolute Gasteiger partial charge is 0.482 e. The summed E-state index contributed by atoms with van der Waals surface area (Å²) >= 11 is 11.7. The highest BCUT2D eigenvalue weighted by molar-refractivity contribution is 6.35. The Bertz CT molecular complexity index is 620. The van der Waals surface area contributed by atoms with Gasteiger partial charge in [0.05, 0.1) is 11.6 Å². The summed E-state index contributed by atoms with van der Waals surface area (Å²) in [7, 11) is 0. The first-order valence-electron chi connectivity index (χ1n) is 5.74. The Morgan fingerprint density at radius 3 is 2.81 bits per heavy atom. The van der Waals surface area contributed by atoms with Gasteiger partial charge in [0, 0.05) is 5.02 Å². The average Bonchev–Trinajstić information content (AvgIpc) is 2.85. The molecule has 0 atom stereocenters. The molecule has 0 aliphatic carbocycles. The first-order chi connectivity index (χ1) is 9.58. The minimum atomic E-state index is -0.410. The van der Waals surface area contributed by atoms with Gasteiger partial charge in [0.25, 0.3) is 11.9 Å². The predicted octanol–water partition coefficient (Wildman–Crippen LogP) is 2.44. The quantitative estimate of drug-likeness (QED) is 0.893. The Morgan fingerprint density at radius 2 is 2.19 bits per heavy atom. The number of hydrogen-bond donors (Lipinski definition) is 1. The molecule has 1 aromatic carbocycles. The number of rotatable bonds is 5. The Morgan fingerprint density at radius 1 is 1.43 bits per heavy atom. The number of nitrogens with zero attached hydrogens (tertiary/aromatic N) is 4. The minimum Gasteiger partial charge on any atom is -0.482 e. The van der Waals surface area contributed by atoms with Crippen LogP contribution in [-0.2, 0) is 11.3 Å². The third kappa shape index (κ3) is 5.04. The average molecular weight is 353 g/mol. The fourth-order valence-electron chi connectivity index (χ4n) is 1.32. The van der Waals surface area contributed by atoms with Gasteiger partial charge >= 0.3 is 0 Å². The number of benzene rings is 1. The number of carbonyl (C=O) groups is 1. The highest BCUT2D eigenvalue weighted by Gasteiger charge is 2.09. The molecule has 2 rings (SSSR count). The van der Waals surface area contributed by atoms with Crippen LogP contribution in [0.1, 0.15) is 6.92 Å². The highest BCUT2D eigenvalue weighted by atomic mass is 35.5. The fourth-order valence-corrected chi connectivity index (χ4v) is 1.79. The number of carbonyl (C=O) groups excluding carboxylic acids is 1. The molecule has 21 heavy (non-hydrogen) atoms. The SMILES string of the molecule is CCn1nnc(NC(=O)COc2ccc(Cl)cc2Cl)n1.Cl. The zero-order valence-electron chi connectivity index (χ0n) is 10.9. The maximum absolute atomic E-state index is 11.6. The van der Waals surface area contributed by atoms with E-state index in [0.29, 0.717) is 22.3 Å². The van der Waals surface area contributed by atoms with Crippen molar-refractivity contribution in [2.24, 2.45) is 0 Å². The second kappa shape index (κ2) is 8.02. The molecular weight excluding hydrogens is 341 g/mol. The van der Waals surface area contributed by atoms with Crippen LogP contribution in [0.15, 0.2) is 18.2 Å². The molecule has 0 aliphatic heterocycles. The first-order valence-corrected chi connectivity index (χ1v) is 6.49. The van der Waals surface area contributed by atoms with E-state index in [0.717, 1.165) is 0 Å². The van der Waals surface area contributed by atoms with Crippen molar-refractivity contribution in [3.8, 4) is 5.75 Å². The van der Waals surface area contributed by atoms with Crippen LogP contribution in [0.3, 0.4) is 0 Å². The van der Waals surface area contributed by atoms with E-state index in [-0.39, 0.29) is 25.0 Å². The Balaban J connectivity index is 0.00000220. The second-order valence-electron chi connectivity index (χ2n) is 3.71. The fraction of sp³-hybridized carbons (Fsp3) is 0.273. The number of hydrogen-bond acceptors (Lipinski definition) is 5. The Hall–Kier alpha value is -1.57. The molecule has 1 heterocycles. The van der Waals surface area contributed by atoms with Crippen LogP contribution in [0, 0.1) is 0 Å². The normalized spacial score (nSPS) is 9.86. The molecule has 0 spiro atoms. The molecule has 1 aromatic heterocycles. The highest BCUT2D eigenvalue weighted by Crippen LogP contribution is 2.27. The van der Waals surface area contributed by atoms with Gasteiger partial charge in [-0.3, -0.25) is 10.1 Å². The summed E-state index contributed by atoms with van der Waals surface area (Å²) in [6.45, 7) is 2.21. The molecule has 10 heteroatoms. The summed E-state index contributed by atoms with van der Waals surface area (Å²) in [5.41, 5.74) is 0. The molecular formula is C11H12Cl3N5O2. The number of ether oxygens (including phenoxy) is 1. The second-order valence-corrected chi connectivity index (χ2v) is 4.56. The van der Waals surface area contributed by atoms with Crippen molar-refractivity contribution < 1.29 is 9.53 Å². The van der Waals surface area contributed by atoms with Crippen molar-refractivity contribution >= 4 is 47.5 Å². The lowest BCUT2D eigenvalue weighted by Gasteiger charge is -2.07. The number of nitrogens with one attached hydrogen (secondary N) is 1. The van der Waals surface area contributed by atoms with Crippen molar-refractivity contribution in [2.75, 3.05) is 11.9 Å². The van der Waals surface area contributed by atoms with E-state index in [9.17, 15) is 4.79 Å². The van der Waals surface area contributed by atoms with Gasteiger partial charge in [0.15, 0.2) is 6.61 Å². The standard InChI is InChI=1S/C11H11Cl2N5O2.ClH/c1-2-18-16-11(15-17-18)14-10(19)6-20-9-4-3-7(12)5-8(9)13;/h3-5H,2,6H2,1H3,(H,14,16,19);1H. The van der Waals surface area contributed by atoms with E-state index in [1.54, 1.807) is 12.1 Å². The summed E-state index contributed by atoms with van der Waals surface area (Å²) in [5.74, 6) is 0.0886. The first kappa shape index (κ1) is 17.5. The van der Waals surface area contributed by atoms with E-state index >= 15 is 0 Å².